The van der Waals surface area contributed by atoms with E-state index in [0.29, 0.717) is 17.3 Å². The zero-order valence-corrected chi connectivity index (χ0v) is 8.70. The van der Waals surface area contributed by atoms with E-state index in [2.05, 4.69) is 10.3 Å². The van der Waals surface area contributed by atoms with Gasteiger partial charge in [0.1, 0.15) is 4.88 Å². The minimum Gasteiger partial charge on any atom is -0.351 e. The van der Waals surface area contributed by atoms with Gasteiger partial charge >= 0.3 is 0 Å². The van der Waals surface area contributed by atoms with E-state index >= 15 is 0 Å². The van der Waals surface area contributed by atoms with E-state index in [-0.39, 0.29) is 5.91 Å². The zero-order valence-electron chi connectivity index (χ0n) is 7.12. The summed E-state index contributed by atoms with van der Waals surface area (Å²) in [7, 11) is 0. The second kappa shape index (κ2) is 5.94. The Morgan fingerprint density at radius 3 is 3.08 bits per heavy atom. The van der Waals surface area contributed by atoms with Gasteiger partial charge < -0.3 is 5.32 Å². The van der Waals surface area contributed by atoms with Crippen molar-refractivity contribution >= 4 is 28.8 Å². The first-order valence-corrected chi connectivity index (χ1v) is 5.48. The molecule has 0 aliphatic heterocycles. The van der Waals surface area contributed by atoms with Crippen LogP contribution >= 0.6 is 22.9 Å². The molecule has 0 unspecified atom stereocenters. The Balaban J connectivity index is 2.19. The first-order valence-electron chi connectivity index (χ1n) is 4.07. The number of nitrogens with one attached hydrogen (secondary N) is 1. The molecular weight excluding hydrogens is 208 g/mol. The third kappa shape index (κ3) is 3.74. The molecule has 0 aliphatic rings. The number of aromatic nitrogens is 1. The van der Waals surface area contributed by atoms with Gasteiger partial charge in [0.05, 0.1) is 11.7 Å². The predicted octanol–water partition coefficient (Wildman–Crippen LogP) is 1.89. The van der Waals surface area contributed by atoms with E-state index in [0.717, 1.165) is 12.8 Å². The molecule has 1 N–H and O–H groups in total. The van der Waals surface area contributed by atoms with Crippen molar-refractivity contribution in [3.05, 3.63) is 16.6 Å². The molecule has 0 aromatic carbocycles. The summed E-state index contributed by atoms with van der Waals surface area (Å²) in [6.07, 6.45) is 3.43. The fourth-order valence-electron chi connectivity index (χ4n) is 0.836. The Hall–Kier alpha value is -0.610. The van der Waals surface area contributed by atoms with E-state index in [1.54, 1.807) is 11.7 Å². The molecule has 0 atom stereocenters. The lowest BCUT2D eigenvalue weighted by atomic mass is 10.3. The third-order valence-corrected chi connectivity index (χ3v) is 2.54. The Bertz CT molecular complexity index is 251. The number of thiazole rings is 1. The number of amides is 1. The number of hydrogen-bond donors (Lipinski definition) is 1. The number of alkyl halides is 1. The van der Waals surface area contributed by atoms with Crippen LogP contribution in [0.15, 0.2) is 11.7 Å². The van der Waals surface area contributed by atoms with Crippen molar-refractivity contribution in [2.24, 2.45) is 0 Å². The molecule has 0 saturated carbocycles. The van der Waals surface area contributed by atoms with Gasteiger partial charge in [0.25, 0.3) is 5.91 Å². The first kappa shape index (κ1) is 10.5. The van der Waals surface area contributed by atoms with Crippen LogP contribution in [0.25, 0.3) is 0 Å². The summed E-state index contributed by atoms with van der Waals surface area (Å²) in [6, 6.07) is 0. The van der Waals surface area contributed by atoms with Crippen LogP contribution in [0, 0.1) is 0 Å². The second-order valence-corrected chi connectivity index (χ2v) is 3.78. The molecular formula is C8H11ClN2OS. The molecule has 0 radical (unpaired) electrons. The second-order valence-electron chi connectivity index (χ2n) is 2.52. The van der Waals surface area contributed by atoms with Crippen LogP contribution in [0.4, 0.5) is 0 Å². The fraction of sp³-hybridized carbons (Fsp3) is 0.500. The number of unbranched alkanes of at least 4 members (excludes halogenated alkanes) is 1. The fourth-order valence-corrected chi connectivity index (χ4v) is 1.56. The van der Waals surface area contributed by atoms with E-state index in [9.17, 15) is 4.79 Å². The average Bonchev–Trinajstić information content (AvgIpc) is 2.65. The Kier molecular flexibility index (Phi) is 4.78. The van der Waals surface area contributed by atoms with Crippen molar-refractivity contribution in [2.75, 3.05) is 12.4 Å². The highest BCUT2D eigenvalue weighted by Crippen LogP contribution is 2.04. The summed E-state index contributed by atoms with van der Waals surface area (Å²) in [5.41, 5.74) is 1.65. The minimum atomic E-state index is -0.0444. The van der Waals surface area contributed by atoms with E-state index < -0.39 is 0 Å². The van der Waals surface area contributed by atoms with Crippen LogP contribution in [0.1, 0.15) is 22.5 Å². The van der Waals surface area contributed by atoms with Crippen molar-refractivity contribution in [3.8, 4) is 0 Å². The minimum absolute atomic E-state index is 0.0444. The molecule has 1 aromatic rings. The molecule has 13 heavy (non-hydrogen) atoms. The van der Waals surface area contributed by atoms with Gasteiger partial charge in [-0.3, -0.25) is 9.78 Å². The third-order valence-electron chi connectivity index (χ3n) is 1.50. The van der Waals surface area contributed by atoms with Gasteiger partial charge in [-0.15, -0.1) is 22.9 Å². The molecule has 1 aromatic heterocycles. The SMILES string of the molecule is O=C(NCCCCCl)c1cncs1. The van der Waals surface area contributed by atoms with Crippen LogP contribution in [0.3, 0.4) is 0 Å². The summed E-state index contributed by atoms with van der Waals surface area (Å²) < 4.78 is 0. The van der Waals surface area contributed by atoms with Gasteiger partial charge in [-0.1, -0.05) is 0 Å². The monoisotopic (exact) mass is 218 g/mol. The van der Waals surface area contributed by atoms with Crippen molar-refractivity contribution in [1.29, 1.82) is 0 Å². The summed E-state index contributed by atoms with van der Waals surface area (Å²) in [5, 5.41) is 2.79. The van der Waals surface area contributed by atoms with Crippen LogP contribution in [-0.4, -0.2) is 23.3 Å². The Morgan fingerprint density at radius 2 is 2.46 bits per heavy atom. The molecule has 0 saturated heterocycles. The van der Waals surface area contributed by atoms with E-state index in [4.69, 9.17) is 11.6 Å². The standard InChI is InChI=1S/C8H11ClN2OS/c9-3-1-2-4-11-8(12)7-5-10-6-13-7/h5-6H,1-4H2,(H,11,12). The quantitative estimate of drug-likeness (QED) is 0.606. The van der Waals surface area contributed by atoms with Crippen molar-refractivity contribution < 1.29 is 4.79 Å². The maximum absolute atomic E-state index is 11.3. The molecule has 1 heterocycles. The molecule has 1 amide bonds. The molecule has 0 bridgehead atoms. The average molecular weight is 219 g/mol. The lowest BCUT2D eigenvalue weighted by Gasteiger charge is -2.00. The van der Waals surface area contributed by atoms with Crippen LogP contribution in [-0.2, 0) is 0 Å². The van der Waals surface area contributed by atoms with Gasteiger partial charge in [-0.05, 0) is 12.8 Å². The number of carbonyl (C=O) groups excluding carboxylic acids is 1. The maximum Gasteiger partial charge on any atom is 0.262 e. The van der Waals surface area contributed by atoms with Crippen molar-refractivity contribution in [3.63, 3.8) is 0 Å². The molecule has 72 valence electrons. The topological polar surface area (TPSA) is 42.0 Å². The highest BCUT2D eigenvalue weighted by atomic mass is 35.5. The summed E-state index contributed by atoms with van der Waals surface area (Å²) in [5.74, 6) is 0.605. The van der Waals surface area contributed by atoms with E-state index in [1.807, 2.05) is 0 Å². The smallest absolute Gasteiger partial charge is 0.262 e. The number of nitrogens with zero attached hydrogens (tertiary/aromatic N) is 1. The Labute approximate surface area is 86.1 Å². The highest BCUT2D eigenvalue weighted by molar-refractivity contribution is 7.11. The van der Waals surface area contributed by atoms with E-state index in [1.165, 1.54) is 11.3 Å². The Morgan fingerprint density at radius 1 is 1.62 bits per heavy atom. The van der Waals surface area contributed by atoms with Crippen LogP contribution in [0.2, 0.25) is 0 Å². The molecule has 5 heteroatoms. The summed E-state index contributed by atoms with van der Waals surface area (Å²) in [4.78, 5) is 15.8. The summed E-state index contributed by atoms with van der Waals surface area (Å²) >= 11 is 6.84. The van der Waals surface area contributed by atoms with Crippen LogP contribution in [0.5, 0.6) is 0 Å². The van der Waals surface area contributed by atoms with Crippen molar-refractivity contribution in [2.45, 2.75) is 12.8 Å². The van der Waals surface area contributed by atoms with Gasteiger partial charge in [0, 0.05) is 12.4 Å². The molecule has 3 nitrogen and oxygen atoms in total. The molecule has 0 spiro atoms. The van der Waals surface area contributed by atoms with Crippen LogP contribution < -0.4 is 5.32 Å². The predicted molar refractivity (Wildman–Crippen MR) is 54.4 cm³/mol. The van der Waals surface area contributed by atoms with Gasteiger partial charge in [-0.25, -0.2) is 0 Å². The number of carbonyl (C=O) groups is 1. The first-order chi connectivity index (χ1) is 6.34. The number of halogens is 1. The molecule has 0 aliphatic carbocycles. The van der Waals surface area contributed by atoms with Gasteiger partial charge in [0.2, 0.25) is 0 Å². The molecule has 1 rings (SSSR count). The lowest BCUT2D eigenvalue weighted by Crippen LogP contribution is -2.23. The van der Waals surface area contributed by atoms with Crippen molar-refractivity contribution in [1.82, 2.24) is 10.3 Å². The number of hydrogen-bond acceptors (Lipinski definition) is 3. The number of rotatable bonds is 5. The zero-order chi connectivity index (χ0) is 9.52. The van der Waals surface area contributed by atoms with Gasteiger partial charge in [0.15, 0.2) is 0 Å². The maximum atomic E-state index is 11.3. The summed E-state index contributed by atoms with van der Waals surface area (Å²) in [6.45, 7) is 0.684. The largest absolute Gasteiger partial charge is 0.351 e. The van der Waals surface area contributed by atoms with Gasteiger partial charge in [-0.2, -0.15) is 0 Å². The molecule has 0 fully saturated rings. The lowest BCUT2D eigenvalue weighted by molar-refractivity contribution is 0.0957. The highest BCUT2D eigenvalue weighted by Gasteiger charge is 2.04. The normalized spacial score (nSPS) is 9.92.